The van der Waals surface area contributed by atoms with Gasteiger partial charge in [0, 0.05) is 44.6 Å². The fourth-order valence-electron chi connectivity index (χ4n) is 3.39. The largest absolute Gasteiger partial charge is 0.356 e. The van der Waals surface area contributed by atoms with Crippen LogP contribution >= 0.6 is 0 Å². The van der Waals surface area contributed by atoms with E-state index in [4.69, 9.17) is 5.14 Å². The molecule has 0 aromatic heterocycles. The third-order valence-corrected chi connectivity index (χ3v) is 5.76. The van der Waals surface area contributed by atoms with E-state index in [9.17, 15) is 18.0 Å². The van der Waals surface area contributed by atoms with Crippen LogP contribution in [0.4, 0.5) is 0 Å². The van der Waals surface area contributed by atoms with Gasteiger partial charge in [-0.25, -0.2) is 13.6 Å². The van der Waals surface area contributed by atoms with Gasteiger partial charge in [0.05, 0.1) is 5.75 Å². The summed E-state index contributed by atoms with van der Waals surface area (Å²) in [5, 5.41) is 7.84. The van der Waals surface area contributed by atoms with Crippen molar-refractivity contribution in [3.05, 3.63) is 0 Å². The summed E-state index contributed by atoms with van der Waals surface area (Å²) < 4.78 is 21.9. The number of hydrogen-bond acceptors (Lipinski definition) is 5. The van der Waals surface area contributed by atoms with Crippen LogP contribution in [0.5, 0.6) is 0 Å². The molecular formula is C14H26N4O4S. The lowest BCUT2D eigenvalue weighted by Crippen LogP contribution is -2.62. The van der Waals surface area contributed by atoms with E-state index in [2.05, 4.69) is 10.2 Å². The zero-order valence-electron chi connectivity index (χ0n) is 13.6. The van der Waals surface area contributed by atoms with Crippen LogP contribution in [0, 0.1) is 0 Å². The third kappa shape index (κ3) is 4.89. The van der Waals surface area contributed by atoms with Crippen LogP contribution in [0.25, 0.3) is 0 Å². The van der Waals surface area contributed by atoms with Crippen LogP contribution < -0.4 is 10.5 Å². The van der Waals surface area contributed by atoms with Crippen molar-refractivity contribution in [3.63, 3.8) is 0 Å². The van der Waals surface area contributed by atoms with Gasteiger partial charge in [-0.15, -0.1) is 0 Å². The molecule has 8 nitrogen and oxygen atoms in total. The molecule has 2 aliphatic heterocycles. The molecule has 3 N–H and O–H groups in total. The van der Waals surface area contributed by atoms with Crippen LogP contribution in [0.1, 0.15) is 32.1 Å². The third-order valence-electron chi connectivity index (χ3n) is 4.90. The average molecular weight is 346 g/mol. The number of sulfonamides is 1. The minimum atomic E-state index is -3.52. The van der Waals surface area contributed by atoms with Crippen molar-refractivity contribution < 1.29 is 18.0 Å². The molecule has 2 saturated heterocycles. The molecule has 0 unspecified atom stereocenters. The first-order chi connectivity index (χ1) is 10.7. The Balaban J connectivity index is 1.96. The number of carbonyl (C=O) groups is 2. The van der Waals surface area contributed by atoms with Crippen LogP contribution in [0.2, 0.25) is 0 Å². The van der Waals surface area contributed by atoms with Crippen molar-refractivity contribution in [2.75, 3.05) is 39.0 Å². The first kappa shape index (κ1) is 18.2. The maximum atomic E-state index is 12.4. The maximum absolute atomic E-state index is 12.4. The number of piperazine rings is 1. The number of carbonyl (C=O) groups excluding carboxylic acids is 2. The van der Waals surface area contributed by atoms with E-state index in [-0.39, 0.29) is 35.9 Å². The normalized spacial score (nSPS) is 26.9. The Hall–Kier alpha value is -1.19. The minimum Gasteiger partial charge on any atom is -0.356 e. The number of nitrogens with one attached hydrogen (secondary N) is 1. The zero-order valence-corrected chi connectivity index (χ0v) is 14.4. The van der Waals surface area contributed by atoms with E-state index >= 15 is 0 Å². The lowest BCUT2D eigenvalue weighted by molar-refractivity contribution is -0.136. The molecule has 0 aromatic rings. The zero-order chi connectivity index (χ0) is 17.1. The molecule has 2 rings (SSSR count). The van der Waals surface area contributed by atoms with Gasteiger partial charge in [0.25, 0.3) is 0 Å². The number of rotatable bonds is 4. The summed E-state index contributed by atoms with van der Waals surface area (Å²) in [6, 6.07) is 0. The predicted octanol–water partition coefficient (Wildman–Crippen LogP) is -1.13. The first-order valence-corrected chi connectivity index (χ1v) is 9.70. The molecule has 0 saturated carbocycles. The summed E-state index contributed by atoms with van der Waals surface area (Å²) in [6.07, 6.45) is 2.45. The van der Waals surface area contributed by atoms with Crippen LogP contribution in [0.15, 0.2) is 0 Å². The summed E-state index contributed by atoms with van der Waals surface area (Å²) in [7, 11) is -1.48. The molecule has 2 amide bonds. The van der Waals surface area contributed by atoms with Gasteiger partial charge < -0.3 is 10.2 Å². The molecule has 0 radical (unpaired) electrons. The summed E-state index contributed by atoms with van der Waals surface area (Å²) in [6.45, 7) is 2.60. The summed E-state index contributed by atoms with van der Waals surface area (Å²) in [4.78, 5) is 28.0. The molecular weight excluding hydrogens is 320 g/mol. The van der Waals surface area contributed by atoms with Crippen molar-refractivity contribution in [1.82, 2.24) is 15.1 Å². The van der Waals surface area contributed by atoms with Crippen LogP contribution in [-0.4, -0.2) is 74.6 Å². The van der Waals surface area contributed by atoms with Gasteiger partial charge in [-0.2, -0.15) is 0 Å². The average Bonchev–Trinajstić information content (AvgIpc) is 2.64. The van der Waals surface area contributed by atoms with E-state index in [0.717, 1.165) is 19.4 Å². The Morgan fingerprint density at radius 1 is 1.35 bits per heavy atom. The second-order valence-electron chi connectivity index (χ2n) is 6.53. The van der Waals surface area contributed by atoms with Crippen molar-refractivity contribution in [3.8, 4) is 0 Å². The standard InChI is InChI=1S/C14H26N4O4S/c1-17-8-9-18(13(20)3-2-10-23(15,21)22)11-14(17)5-4-12(19)16-7-6-14/h2-11H2,1H3,(H,16,19)(H2,15,21,22)/t14-/m1/s1. The Morgan fingerprint density at radius 3 is 2.78 bits per heavy atom. The number of hydrogen-bond donors (Lipinski definition) is 2. The van der Waals surface area contributed by atoms with Gasteiger partial charge in [-0.05, 0) is 26.3 Å². The molecule has 0 aromatic carbocycles. The number of nitrogens with two attached hydrogens (primary N) is 1. The van der Waals surface area contributed by atoms with E-state index in [1.54, 1.807) is 4.90 Å². The second-order valence-corrected chi connectivity index (χ2v) is 8.27. The molecule has 0 bridgehead atoms. The Bertz CT molecular complexity index is 565. The van der Waals surface area contributed by atoms with E-state index in [1.165, 1.54) is 0 Å². The molecule has 0 aliphatic carbocycles. The molecule has 2 aliphatic rings. The smallest absolute Gasteiger partial charge is 0.222 e. The van der Waals surface area contributed by atoms with Crippen molar-refractivity contribution in [2.45, 2.75) is 37.6 Å². The highest BCUT2D eigenvalue weighted by molar-refractivity contribution is 7.89. The molecule has 132 valence electrons. The minimum absolute atomic E-state index is 0.0374. The molecule has 2 heterocycles. The lowest BCUT2D eigenvalue weighted by Gasteiger charge is -2.49. The SMILES string of the molecule is CN1CCN(C(=O)CCCS(N)(=O)=O)C[C@@]12CCNC(=O)CC2. The van der Waals surface area contributed by atoms with Gasteiger partial charge >= 0.3 is 0 Å². The van der Waals surface area contributed by atoms with Crippen LogP contribution in [0.3, 0.4) is 0 Å². The Morgan fingerprint density at radius 2 is 2.09 bits per heavy atom. The van der Waals surface area contributed by atoms with Gasteiger partial charge in [-0.3, -0.25) is 14.5 Å². The predicted molar refractivity (Wildman–Crippen MR) is 86.0 cm³/mol. The van der Waals surface area contributed by atoms with E-state index in [1.807, 2.05) is 7.05 Å². The molecule has 1 atom stereocenters. The van der Waals surface area contributed by atoms with Crippen molar-refractivity contribution >= 4 is 21.8 Å². The highest BCUT2D eigenvalue weighted by Gasteiger charge is 2.41. The van der Waals surface area contributed by atoms with Gasteiger partial charge in [0.2, 0.25) is 21.8 Å². The molecule has 9 heteroatoms. The highest BCUT2D eigenvalue weighted by Crippen LogP contribution is 2.30. The second kappa shape index (κ2) is 7.14. The Kier molecular flexibility index (Phi) is 5.64. The molecule has 23 heavy (non-hydrogen) atoms. The fraction of sp³-hybridized carbons (Fsp3) is 0.857. The fourth-order valence-corrected chi connectivity index (χ4v) is 3.94. The quantitative estimate of drug-likeness (QED) is 0.669. The van der Waals surface area contributed by atoms with Crippen molar-refractivity contribution in [2.24, 2.45) is 5.14 Å². The Labute approximate surface area is 137 Å². The lowest BCUT2D eigenvalue weighted by atomic mass is 9.86. The number of amides is 2. The van der Waals surface area contributed by atoms with E-state index < -0.39 is 10.0 Å². The highest BCUT2D eigenvalue weighted by atomic mass is 32.2. The van der Waals surface area contributed by atoms with Crippen molar-refractivity contribution in [1.29, 1.82) is 0 Å². The number of nitrogens with zero attached hydrogens (tertiary/aromatic N) is 2. The maximum Gasteiger partial charge on any atom is 0.222 e. The topological polar surface area (TPSA) is 113 Å². The van der Waals surface area contributed by atoms with Gasteiger partial charge in [-0.1, -0.05) is 0 Å². The molecule has 1 spiro atoms. The number of likely N-dealkylation sites (N-methyl/N-ethyl adjacent to an activating group) is 1. The van der Waals surface area contributed by atoms with E-state index in [0.29, 0.717) is 26.1 Å². The summed E-state index contributed by atoms with van der Waals surface area (Å²) in [5.74, 6) is -0.146. The first-order valence-electron chi connectivity index (χ1n) is 7.98. The van der Waals surface area contributed by atoms with Gasteiger partial charge in [0.1, 0.15) is 0 Å². The molecule has 2 fully saturated rings. The monoisotopic (exact) mass is 346 g/mol. The summed E-state index contributed by atoms with van der Waals surface area (Å²) >= 11 is 0. The summed E-state index contributed by atoms with van der Waals surface area (Å²) in [5.41, 5.74) is -0.174. The number of primary sulfonamides is 1. The van der Waals surface area contributed by atoms with Gasteiger partial charge in [0.15, 0.2) is 0 Å². The van der Waals surface area contributed by atoms with Crippen LogP contribution in [-0.2, 0) is 19.6 Å².